The molecule has 1 aliphatic rings. The van der Waals surface area contributed by atoms with Crippen molar-refractivity contribution in [2.75, 3.05) is 13.1 Å². The molecule has 3 aromatic carbocycles. The molecule has 3 aromatic rings. The first-order valence-corrected chi connectivity index (χ1v) is 12.6. The third-order valence-electron chi connectivity index (χ3n) is 6.40. The number of benzene rings is 3. The number of rotatable bonds is 9. The normalized spacial score (nSPS) is 18.8. The van der Waals surface area contributed by atoms with Crippen LogP contribution in [0.3, 0.4) is 0 Å². The molecular weight excluding hydrogens is 450 g/mol. The summed E-state index contributed by atoms with van der Waals surface area (Å²) in [6.07, 6.45) is 0.816. The van der Waals surface area contributed by atoms with Gasteiger partial charge in [0.1, 0.15) is 6.04 Å². The van der Waals surface area contributed by atoms with E-state index < -0.39 is 6.04 Å². The fraction of sp³-hybridized carbons (Fsp3) is 0.333. The molecule has 0 saturated carbocycles. The van der Waals surface area contributed by atoms with E-state index in [1.165, 1.54) is 5.56 Å². The molecular formula is C30H35N3O3. The van der Waals surface area contributed by atoms with Gasteiger partial charge < -0.3 is 15.4 Å². The zero-order valence-corrected chi connectivity index (χ0v) is 21.0. The van der Waals surface area contributed by atoms with Crippen molar-refractivity contribution in [1.82, 2.24) is 15.5 Å². The lowest BCUT2D eigenvalue weighted by atomic mass is 10.0. The lowest BCUT2D eigenvalue weighted by molar-refractivity contribution is -0.123. The van der Waals surface area contributed by atoms with Gasteiger partial charge in [0.25, 0.3) is 5.91 Å². The van der Waals surface area contributed by atoms with Crippen LogP contribution in [0.2, 0.25) is 0 Å². The molecule has 188 valence electrons. The van der Waals surface area contributed by atoms with Crippen LogP contribution in [-0.2, 0) is 29.0 Å². The summed E-state index contributed by atoms with van der Waals surface area (Å²) in [5, 5.41) is 6.01. The van der Waals surface area contributed by atoms with Gasteiger partial charge in [-0.15, -0.1) is 0 Å². The van der Waals surface area contributed by atoms with E-state index in [9.17, 15) is 9.59 Å². The molecule has 6 heteroatoms. The van der Waals surface area contributed by atoms with E-state index in [1.807, 2.05) is 60.7 Å². The Bertz CT molecular complexity index is 1130. The van der Waals surface area contributed by atoms with Crippen LogP contribution in [0.15, 0.2) is 84.9 Å². The van der Waals surface area contributed by atoms with Crippen LogP contribution >= 0.6 is 0 Å². The van der Waals surface area contributed by atoms with Crippen LogP contribution in [0.4, 0.5) is 0 Å². The van der Waals surface area contributed by atoms with Gasteiger partial charge in [-0.05, 0) is 42.7 Å². The van der Waals surface area contributed by atoms with Crippen LogP contribution < -0.4 is 10.6 Å². The second-order valence-corrected chi connectivity index (χ2v) is 9.52. The summed E-state index contributed by atoms with van der Waals surface area (Å²) in [5.41, 5.74) is 3.78. The summed E-state index contributed by atoms with van der Waals surface area (Å²) in [4.78, 5) is 28.6. The predicted octanol–water partition coefficient (Wildman–Crippen LogP) is 3.95. The van der Waals surface area contributed by atoms with Gasteiger partial charge in [0, 0.05) is 38.2 Å². The highest BCUT2D eigenvalue weighted by Gasteiger charge is 2.24. The van der Waals surface area contributed by atoms with Crippen molar-refractivity contribution in [2.45, 2.75) is 51.6 Å². The van der Waals surface area contributed by atoms with Crippen LogP contribution in [0.25, 0.3) is 0 Å². The zero-order chi connectivity index (χ0) is 25.3. The minimum absolute atomic E-state index is 0.201. The van der Waals surface area contributed by atoms with Gasteiger partial charge in [0.2, 0.25) is 5.91 Å². The van der Waals surface area contributed by atoms with Crippen LogP contribution in [-0.4, -0.2) is 48.1 Å². The van der Waals surface area contributed by atoms with Crippen molar-refractivity contribution in [1.29, 1.82) is 0 Å². The number of carbonyl (C=O) groups excluding carboxylic acids is 2. The lowest BCUT2D eigenvalue weighted by Crippen LogP contribution is -2.48. The molecule has 2 amide bonds. The number of amides is 2. The van der Waals surface area contributed by atoms with Crippen LogP contribution in [0.1, 0.15) is 40.9 Å². The number of nitrogens with zero attached hydrogens (tertiary/aromatic N) is 1. The molecule has 2 N–H and O–H groups in total. The maximum Gasteiger partial charge on any atom is 0.251 e. The second-order valence-electron chi connectivity index (χ2n) is 9.52. The van der Waals surface area contributed by atoms with E-state index in [4.69, 9.17) is 4.74 Å². The summed E-state index contributed by atoms with van der Waals surface area (Å²) in [5.74, 6) is -0.464. The van der Waals surface area contributed by atoms with E-state index in [2.05, 4.69) is 41.5 Å². The largest absolute Gasteiger partial charge is 0.373 e. The molecule has 1 heterocycles. The number of hydrogen-bond acceptors (Lipinski definition) is 4. The number of hydrogen-bond donors (Lipinski definition) is 2. The highest BCUT2D eigenvalue weighted by Crippen LogP contribution is 2.17. The van der Waals surface area contributed by atoms with Crippen molar-refractivity contribution < 1.29 is 14.3 Å². The minimum atomic E-state index is -0.687. The maximum absolute atomic E-state index is 13.3. The molecule has 3 unspecified atom stereocenters. The van der Waals surface area contributed by atoms with Crippen molar-refractivity contribution in [3.63, 3.8) is 0 Å². The van der Waals surface area contributed by atoms with Crippen LogP contribution in [0, 0.1) is 0 Å². The fourth-order valence-corrected chi connectivity index (χ4v) is 4.73. The van der Waals surface area contributed by atoms with Gasteiger partial charge in [0.05, 0.1) is 12.2 Å². The highest BCUT2D eigenvalue weighted by atomic mass is 16.5. The van der Waals surface area contributed by atoms with E-state index in [-0.39, 0.29) is 24.0 Å². The predicted molar refractivity (Wildman–Crippen MR) is 141 cm³/mol. The lowest BCUT2D eigenvalue weighted by Gasteiger charge is -2.35. The average molecular weight is 486 g/mol. The molecule has 0 radical (unpaired) electrons. The second kappa shape index (κ2) is 12.5. The molecule has 36 heavy (non-hydrogen) atoms. The number of ether oxygens (including phenoxy) is 1. The molecule has 0 aliphatic carbocycles. The van der Waals surface area contributed by atoms with Crippen LogP contribution in [0.5, 0.6) is 0 Å². The van der Waals surface area contributed by atoms with E-state index >= 15 is 0 Å². The monoisotopic (exact) mass is 485 g/mol. The fourth-order valence-electron chi connectivity index (χ4n) is 4.73. The van der Waals surface area contributed by atoms with Gasteiger partial charge in [-0.1, -0.05) is 72.8 Å². The summed E-state index contributed by atoms with van der Waals surface area (Å²) < 4.78 is 5.87. The molecule has 0 spiro atoms. The first-order chi connectivity index (χ1) is 17.5. The summed E-state index contributed by atoms with van der Waals surface area (Å²) in [6.45, 7) is 7.18. The topological polar surface area (TPSA) is 70.7 Å². The standard InChI is InChI=1S/C30H35N3O3/c1-22-19-33(20-23(2)36-22)21-27-16-10-9-15-26(27)18-31-30(35)28(17-24-11-5-3-6-12-24)32-29(34)25-13-7-4-8-14-25/h3-16,22-23,28H,17-21H2,1-2H3,(H,31,35)(H,32,34). The molecule has 1 aliphatic heterocycles. The number of nitrogens with one attached hydrogen (secondary N) is 2. The number of morpholine rings is 1. The highest BCUT2D eigenvalue weighted by molar-refractivity contribution is 5.97. The van der Waals surface area contributed by atoms with Crippen molar-refractivity contribution >= 4 is 11.8 Å². The Morgan fingerprint density at radius 3 is 2.11 bits per heavy atom. The van der Waals surface area contributed by atoms with Gasteiger partial charge in [-0.25, -0.2) is 0 Å². The minimum Gasteiger partial charge on any atom is -0.373 e. The molecule has 6 nitrogen and oxygen atoms in total. The SMILES string of the molecule is CC1CN(Cc2ccccc2CNC(=O)C(Cc2ccccc2)NC(=O)c2ccccc2)CC(C)O1. The quantitative estimate of drug-likeness (QED) is 0.482. The molecule has 1 saturated heterocycles. The number of carbonyl (C=O) groups is 2. The summed E-state index contributed by atoms with van der Waals surface area (Å²) >= 11 is 0. The summed E-state index contributed by atoms with van der Waals surface area (Å²) in [6, 6.07) is 26.2. The third kappa shape index (κ3) is 7.26. The molecule has 0 aromatic heterocycles. The molecule has 1 fully saturated rings. The Kier molecular flexibility index (Phi) is 8.87. The Balaban J connectivity index is 1.44. The Morgan fingerprint density at radius 1 is 0.861 bits per heavy atom. The van der Waals surface area contributed by atoms with Gasteiger partial charge >= 0.3 is 0 Å². The Labute approximate surface area is 213 Å². The van der Waals surface area contributed by atoms with Gasteiger partial charge in [-0.2, -0.15) is 0 Å². The zero-order valence-electron chi connectivity index (χ0n) is 21.0. The van der Waals surface area contributed by atoms with Crippen molar-refractivity contribution in [3.05, 3.63) is 107 Å². The Morgan fingerprint density at radius 2 is 1.44 bits per heavy atom. The van der Waals surface area contributed by atoms with Crippen molar-refractivity contribution in [2.24, 2.45) is 0 Å². The summed E-state index contributed by atoms with van der Waals surface area (Å²) in [7, 11) is 0. The smallest absolute Gasteiger partial charge is 0.251 e. The molecule has 4 rings (SSSR count). The van der Waals surface area contributed by atoms with E-state index in [1.54, 1.807) is 12.1 Å². The van der Waals surface area contributed by atoms with Gasteiger partial charge in [-0.3, -0.25) is 14.5 Å². The third-order valence-corrected chi connectivity index (χ3v) is 6.40. The van der Waals surface area contributed by atoms with Gasteiger partial charge in [0.15, 0.2) is 0 Å². The average Bonchev–Trinajstić information content (AvgIpc) is 2.88. The molecule has 3 atom stereocenters. The van der Waals surface area contributed by atoms with E-state index in [0.29, 0.717) is 18.5 Å². The maximum atomic E-state index is 13.3. The van der Waals surface area contributed by atoms with Crippen molar-refractivity contribution in [3.8, 4) is 0 Å². The first kappa shape index (κ1) is 25.6. The Hall–Kier alpha value is -3.48. The molecule has 0 bridgehead atoms. The first-order valence-electron chi connectivity index (χ1n) is 12.6. The van der Waals surface area contributed by atoms with E-state index in [0.717, 1.165) is 30.8 Å².